The van der Waals surface area contributed by atoms with Crippen LogP contribution in [0.3, 0.4) is 0 Å². The number of carbonyl (C=O) groups excluding carboxylic acids is 2. The van der Waals surface area contributed by atoms with Crippen LogP contribution in [0.5, 0.6) is 0 Å². The van der Waals surface area contributed by atoms with Crippen LogP contribution in [0.15, 0.2) is 24.5 Å². The molecular weight excluding hydrogens is 320 g/mol. The smallest absolute Gasteiger partial charge is 0.256 e. The average Bonchev–Trinajstić information content (AvgIpc) is 3.08. The van der Waals surface area contributed by atoms with Crippen LogP contribution >= 0.6 is 11.6 Å². The van der Waals surface area contributed by atoms with E-state index in [2.05, 4.69) is 15.5 Å². The molecule has 1 fully saturated rings. The van der Waals surface area contributed by atoms with E-state index in [1.807, 2.05) is 0 Å². The molecule has 0 spiro atoms. The fraction of sp³-hybridized carbons (Fsp3) is 0.357. The molecule has 2 heterocycles. The van der Waals surface area contributed by atoms with Gasteiger partial charge in [0, 0.05) is 24.0 Å². The van der Waals surface area contributed by atoms with Crippen LogP contribution in [0.2, 0.25) is 5.02 Å². The molecule has 2 amide bonds. The number of hydrogen-bond donors (Lipinski definition) is 1. The van der Waals surface area contributed by atoms with Crippen LogP contribution in [0.4, 0.5) is 0 Å². The Morgan fingerprint density at radius 3 is 2.61 bits per heavy atom. The van der Waals surface area contributed by atoms with Crippen molar-refractivity contribution in [3.63, 3.8) is 0 Å². The summed E-state index contributed by atoms with van der Waals surface area (Å²) in [5.74, 6) is -0.615. The summed E-state index contributed by atoms with van der Waals surface area (Å²) in [6.45, 7) is 0.980. The van der Waals surface area contributed by atoms with Crippen LogP contribution in [-0.4, -0.2) is 50.0 Å². The topological polar surface area (TPSA) is 107 Å². The lowest BCUT2D eigenvalue weighted by Crippen LogP contribution is -2.42. The van der Waals surface area contributed by atoms with Crippen molar-refractivity contribution in [3.05, 3.63) is 35.1 Å². The SMILES string of the molecule is NC(=O)C1CCN(C(=O)c2ccc(Cl)cc2-n2cnnn2)CC1. The Labute approximate surface area is 137 Å². The third kappa shape index (κ3) is 3.16. The number of benzene rings is 1. The lowest BCUT2D eigenvalue weighted by molar-refractivity contribution is -0.123. The summed E-state index contributed by atoms with van der Waals surface area (Å²) in [5.41, 5.74) is 6.30. The highest BCUT2D eigenvalue weighted by Crippen LogP contribution is 2.23. The number of nitrogens with zero attached hydrogens (tertiary/aromatic N) is 5. The molecule has 0 unspecified atom stereocenters. The largest absolute Gasteiger partial charge is 0.369 e. The predicted octanol–water partition coefficient (Wildman–Crippen LogP) is 0.653. The minimum absolute atomic E-state index is 0.143. The molecule has 120 valence electrons. The van der Waals surface area contributed by atoms with Crippen molar-refractivity contribution in [2.75, 3.05) is 13.1 Å². The Morgan fingerprint density at radius 2 is 2.00 bits per heavy atom. The number of tetrazole rings is 1. The molecule has 0 saturated carbocycles. The van der Waals surface area contributed by atoms with Gasteiger partial charge in [0.05, 0.1) is 11.3 Å². The number of nitrogens with two attached hydrogens (primary N) is 1. The zero-order valence-electron chi connectivity index (χ0n) is 12.2. The number of likely N-dealkylation sites (tertiary alicyclic amines) is 1. The number of hydrogen-bond acceptors (Lipinski definition) is 5. The molecule has 1 saturated heterocycles. The molecule has 1 aromatic carbocycles. The van der Waals surface area contributed by atoms with Crippen molar-refractivity contribution in [1.82, 2.24) is 25.1 Å². The van der Waals surface area contributed by atoms with Crippen molar-refractivity contribution < 1.29 is 9.59 Å². The Kier molecular flexibility index (Phi) is 4.24. The average molecular weight is 335 g/mol. The molecule has 8 nitrogen and oxygen atoms in total. The van der Waals surface area contributed by atoms with Gasteiger partial charge in [-0.1, -0.05) is 11.6 Å². The molecule has 1 aromatic heterocycles. The molecular formula is C14H15ClN6O2. The molecule has 0 atom stereocenters. The molecule has 0 radical (unpaired) electrons. The molecule has 0 aliphatic carbocycles. The van der Waals surface area contributed by atoms with Crippen molar-refractivity contribution in [3.8, 4) is 5.69 Å². The van der Waals surface area contributed by atoms with Gasteiger partial charge in [0.2, 0.25) is 5.91 Å². The van der Waals surface area contributed by atoms with E-state index in [1.165, 1.54) is 11.0 Å². The second-order valence-corrected chi connectivity index (χ2v) is 5.82. The summed E-state index contributed by atoms with van der Waals surface area (Å²) in [6.07, 6.45) is 2.56. The first-order valence-corrected chi connectivity index (χ1v) is 7.55. The van der Waals surface area contributed by atoms with Gasteiger partial charge in [0.25, 0.3) is 5.91 Å². The molecule has 23 heavy (non-hydrogen) atoms. The van der Waals surface area contributed by atoms with E-state index in [9.17, 15) is 9.59 Å². The molecule has 0 bridgehead atoms. The zero-order chi connectivity index (χ0) is 16.4. The molecule has 9 heteroatoms. The van der Waals surface area contributed by atoms with Crippen molar-refractivity contribution in [1.29, 1.82) is 0 Å². The Morgan fingerprint density at radius 1 is 1.26 bits per heavy atom. The zero-order valence-corrected chi connectivity index (χ0v) is 13.0. The number of rotatable bonds is 3. The second kappa shape index (κ2) is 6.33. The summed E-state index contributed by atoms with van der Waals surface area (Å²) in [4.78, 5) is 25.7. The van der Waals surface area contributed by atoms with Crippen LogP contribution in [0.25, 0.3) is 5.69 Å². The lowest BCUT2D eigenvalue weighted by atomic mass is 9.95. The van der Waals surface area contributed by atoms with Gasteiger partial charge in [0.15, 0.2) is 0 Å². The Bertz CT molecular complexity index is 725. The lowest BCUT2D eigenvalue weighted by Gasteiger charge is -2.31. The van der Waals surface area contributed by atoms with Crippen molar-refractivity contribution in [2.45, 2.75) is 12.8 Å². The molecule has 2 N–H and O–H groups in total. The molecule has 1 aliphatic heterocycles. The van der Waals surface area contributed by atoms with Gasteiger partial charge in [-0.3, -0.25) is 9.59 Å². The number of amides is 2. The van der Waals surface area contributed by atoms with E-state index in [-0.39, 0.29) is 17.7 Å². The highest BCUT2D eigenvalue weighted by Gasteiger charge is 2.28. The maximum absolute atomic E-state index is 12.8. The van der Waals surface area contributed by atoms with Crippen molar-refractivity contribution >= 4 is 23.4 Å². The fourth-order valence-corrected chi connectivity index (χ4v) is 2.85. The normalized spacial score (nSPS) is 15.6. The first-order valence-electron chi connectivity index (χ1n) is 7.18. The molecule has 2 aromatic rings. The van der Waals surface area contributed by atoms with Gasteiger partial charge in [-0.15, -0.1) is 5.10 Å². The second-order valence-electron chi connectivity index (χ2n) is 5.38. The van der Waals surface area contributed by atoms with E-state index in [0.717, 1.165) is 0 Å². The van der Waals surface area contributed by atoms with Crippen LogP contribution in [0.1, 0.15) is 23.2 Å². The minimum atomic E-state index is -0.307. The van der Waals surface area contributed by atoms with Gasteiger partial charge in [-0.25, -0.2) is 0 Å². The van der Waals surface area contributed by atoms with Gasteiger partial charge in [-0.2, -0.15) is 4.68 Å². The fourth-order valence-electron chi connectivity index (χ4n) is 2.68. The standard InChI is InChI=1S/C14H15ClN6O2/c15-10-1-2-11(12(7-10)21-8-17-18-19-21)14(23)20-5-3-9(4-6-20)13(16)22/h1-2,7-9H,3-6H2,(H2,16,22). The van der Waals surface area contributed by atoms with Crippen molar-refractivity contribution in [2.24, 2.45) is 11.7 Å². The van der Waals surface area contributed by atoms with E-state index >= 15 is 0 Å². The van der Waals surface area contributed by atoms with Gasteiger partial charge in [0.1, 0.15) is 6.33 Å². The van der Waals surface area contributed by atoms with Gasteiger partial charge < -0.3 is 10.6 Å². The van der Waals surface area contributed by atoms with Crippen LogP contribution < -0.4 is 5.73 Å². The maximum atomic E-state index is 12.8. The summed E-state index contributed by atoms with van der Waals surface area (Å²) < 4.78 is 1.40. The van der Waals surface area contributed by atoms with Crippen LogP contribution in [0, 0.1) is 5.92 Å². The number of halogens is 1. The Balaban J connectivity index is 1.85. The highest BCUT2D eigenvalue weighted by atomic mass is 35.5. The van der Waals surface area contributed by atoms with E-state index in [4.69, 9.17) is 17.3 Å². The first kappa shape index (κ1) is 15.4. The van der Waals surface area contributed by atoms with E-state index < -0.39 is 0 Å². The first-order chi connectivity index (χ1) is 11.1. The van der Waals surface area contributed by atoms with E-state index in [0.29, 0.717) is 42.2 Å². The predicted molar refractivity (Wildman–Crippen MR) is 82.0 cm³/mol. The summed E-state index contributed by atoms with van der Waals surface area (Å²) in [6, 6.07) is 4.95. The third-order valence-electron chi connectivity index (χ3n) is 3.97. The summed E-state index contributed by atoms with van der Waals surface area (Å²) >= 11 is 6.02. The molecule has 1 aliphatic rings. The summed E-state index contributed by atoms with van der Waals surface area (Å²) in [7, 11) is 0. The number of carbonyl (C=O) groups is 2. The van der Waals surface area contributed by atoms with E-state index in [1.54, 1.807) is 23.1 Å². The maximum Gasteiger partial charge on any atom is 0.256 e. The molecule has 3 rings (SSSR count). The highest BCUT2D eigenvalue weighted by molar-refractivity contribution is 6.31. The monoisotopic (exact) mass is 334 g/mol. The van der Waals surface area contributed by atoms with Gasteiger partial charge >= 0.3 is 0 Å². The number of primary amides is 1. The summed E-state index contributed by atoms with van der Waals surface area (Å²) in [5, 5.41) is 11.5. The van der Waals surface area contributed by atoms with Gasteiger partial charge in [-0.05, 0) is 41.5 Å². The minimum Gasteiger partial charge on any atom is -0.369 e. The third-order valence-corrected chi connectivity index (χ3v) is 4.21. The number of aromatic nitrogens is 4. The number of piperidine rings is 1. The Hall–Kier alpha value is -2.48. The quantitative estimate of drug-likeness (QED) is 0.887. The van der Waals surface area contributed by atoms with Crippen LogP contribution in [-0.2, 0) is 4.79 Å².